The molecule has 0 radical (unpaired) electrons. The lowest BCUT2D eigenvalue weighted by molar-refractivity contribution is 0.0939. The van der Waals surface area contributed by atoms with Gasteiger partial charge in [0.15, 0.2) is 0 Å². The molecule has 4 rings (SSSR count). The second kappa shape index (κ2) is 7.75. The minimum atomic E-state index is -0.0376. The molecule has 0 spiro atoms. The average Bonchev–Trinajstić information content (AvgIpc) is 3.31. The molecule has 7 heteroatoms. The fraction of sp³-hybridized carbons (Fsp3) is 0.350. The maximum atomic E-state index is 12.3. The molecular formula is C20H24N6O. The molecule has 1 N–H and O–H groups in total. The topological polar surface area (TPSA) is 68.0 Å². The molecule has 0 aromatic carbocycles. The van der Waals surface area contributed by atoms with Crippen LogP contribution in [0.3, 0.4) is 0 Å². The van der Waals surface area contributed by atoms with E-state index in [2.05, 4.69) is 37.1 Å². The molecule has 0 saturated carbocycles. The van der Waals surface area contributed by atoms with Crippen molar-refractivity contribution in [3.63, 3.8) is 0 Å². The van der Waals surface area contributed by atoms with Gasteiger partial charge in [0.05, 0.1) is 17.4 Å². The predicted molar refractivity (Wildman–Crippen MR) is 102 cm³/mol. The molecule has 0 saturated heterocycles. The van der Waals surface area contributed by atoms with Gasteiger partial charge in [0, 0.05) is 51.8 Å². The summed E-state index contributed by atoms with van der Waals surface area (Å²) in [6.07, 6.45) is 6.40. The second-order valence-corrected chi connectivity index (χ2v) is 6.96. The van der Waals surface area contributed by atoms with Crippen molar-refractivity contribution in [2.24, 2.45) is 7.05 Å². The van der Waals surface area contributed by atoms with Crippen LogP contribution >= 0.6 is 0 Å². The summed E-state index contributed by atoms with van der Waals surface area (Å²) in [6.45, 7) is 3.19. The van der Waals surface area contributed by atoms with Crippen LogP contribution in [0.5, 0.6) is 0 Å². The zero-order valence-corrected chi connectivity index (χ0v) is 15.5. The lowest BCUT2D eigenvalue weighted by Gasteiger charge is -2.33. The van der Waals surface area contributed by atoms with Crippen LogP contribution in [0.1, 0.15) is 34.3 Å². The van der Waals surface area contributed by atoms with Gasteiger partial charge >= 0.3 is 0 Å². The molecule has 7 nitrogen and oxygen atoms in total. The summed E-state index contributed by atoms with van der Waals surface area (Å²) in [5.41, 5.74) is 2.95. The molecule has 27 heavy (non-hydrogen) atoms. The number of pyridine rings is 1. The first-order chi connectivity index (χ1) is 13.2. The van der Waals surface area contributed by atoms with E-state index in [4.69, 9.17) is 0 Å². The highest BCUT2D eigenvalue weighted by atomic mass is 16.1. The third kappa shape index (κ3) is 3.93. The Balaban J connectivity index is 1.38. The third-order valence-electron chi connectivity index (χ3n) is 5.00. The third-order valence-corrected chi connectivity index (χ3v) is 5.00. The first-order valence-corrected chi connectivity index (χ1v) is 9.25. The number of hydrogen-bond donors (Lipinski definition) is 1. The number of nitrogens with zero attached hydrogens (tertiary/aromatic N) is 5. The molecule has 0 bridgehead atoms. The molecule has 140 valence electrons. The van der Waals surface area contributed by atoms with E-state index in [9.17, 15) is 4.79 Å². The lowest BCUT2D eigenvalue weighted by atomic mass is 10.1. The van der Waals surface area contributed by atoms with Crippen molar-refractivity contribution in [1.29, 1.82) is 0 Å². The van der Waals surface area contributed by atoms with E-state index in [-0.39, 0.29) is 11.9 Å². The molecule has 0 fully saturated rings. The molecule has 1 unspecified atom stereocenters. The molecule has 4 heterocycles. The zero-order chi connectivity index (χ0) is 18.6. The summed E-state index contributed by atoms with van der Waals surface area (Å²) in [5, 5.41) is 7.53. The van der Waals surface area contributed by atoms with Gasteiger partial charge in [-0.2, -0.15) is 5.10 Å². The number of rotatable bonds is 6. The van der Waals surface area contributed by atoms with Gasteiger partial charge < -0.3 is 9.88 Å². The Bertz CT molecular complexity index is 900. The predicted octanol–water partition coefficient (Wildman–Crippen LogP) is 1.99. The molecule has 1 aliphatic heterocycles. The Labute approximate surface area is 158 Å². The number of amides is 1. The summed E-state index contributed by atoms with van der Waals surface area (Å²) in [4.78, 5) is 19.1. The van der Waals surface area contributed by atoms with Crippen LogP contribution in [0.2, 0.25) is 0 Å². The molecule has 0 aliphatic carbocycles. The van der Waals surface area contributed by atoms with Crippen LogP contribution in [-0.4, -0.2) is 43.2 Å². The smallest absolute Gasteiger partial charge is 0.267 e. The summed E-state index contributed by atoms with van der Waals surface area (Å²) in [5.74, 6) is -0.0376. The minimum absolute atomic E-state index is 0.0376. The van der Waals surface area contributed by atoms with E-state index < -0.39 is 0 Å². The zero-order valence-electron chi connectivity index (χ0n) is 15.5. The standard InChI is InChI=1S/C20H24N6O/c1-24-12-4-6-19(24)20(27)22-10-7-17-14-25(13-16-5-2-3-9-21-16)15-18-8-11-23-26(17)18/h2-6,8-9,11-12,17H,7,10,13-15H2,1H3,(H,22,27). The van der Waals surface area contributed by atoms with Crippen LogP contribution in [0.4, 0.5) is 0 Å². The highest BCUT2D eigenvalue weighted by Gasteiger charge is 2.25. The number of hydrogen-bond acceptors (Lipinski definition) is 4. The van der Waals surface area contributed by atoms with Gasteiger partial charge in [0.2, 0.25) is 0 Å². The summed E-state index contributed by atoms with van der Waals surface area (Å²) in [6, 6.07) is 12.0. The Hall–Kier alpha value is -2.93. The Kier molecular flexibility index (Phi) is 5.02. The van der Waals surface area contributed by atoms with Gasteiger partial charge in [-0.1, -0.05) is 6.07 Å². The normalized spacial score (nSPS) is 16.9. The molecule has 1 amide bonds. The highest BCUT2D eigenvalue weighted by Crippen LogP contribution is 2.23. The summed E-state index contributed by atoms with van der Waals surface area (Å²) >= 11 is 0. The van der Waals surface area contributed by atoms with E-state index in [1.54, 1.807) is 0 Å². The number of aryl methyl sites for hydroxylation is 1. The Morgan fingerprint density at radius 1 is 1.22 bits per heavy atom. The maximum absolute atomic E-state index is 12.3. The van der Waals surface area contributed by atoms with Gasteiger partial charge in [-0.3, -0.25) is 19.4 Å². The van der Waals surface area contributed by atoms with E-state index in [0.717, 1.165) is 31.7 Å². The highest BCUT2D eigenvalue weighted by molar-refractivity contribution is 5.92. The van der Waals surface area contributed by atoms with Crippen LogP contribution in [-0.2, 0) is 20.1 Å². The number of nitrogens with one attached hydrogen (secondary N) is 1. The number of fused-ring (bicyclic) bond motifs is 1. The monoisotopic (exact) mass is 364 g/mol. The summed E-state index contributed by atoms with van der Waals surface area (Å²) < 4.78 is 3.93. The van der Waals surface area contributed by atoms with Crippen molar-refractivity contribution in [2.75, 3.05) is 13.1 Å². The largest absolute Gasteiger partial charge is 0.351 e. The maximum Gasteiger partial charge on any atom is 0.267 e. The van der Waals surface area contributed by atoms with Crippen molar-refractivity contribution >= 4 is 5.91 Å². The van der Waals surface area contributed by atoms with Crippen LogP contribution < -0.4 is 5.32 Å². The van der Waals surface area contributed by atoms with Crippen LogP contribution in [0, 0.1) is 0 Å². The lowest BCUT2D eigenvalue weighted by Crippen LogP contribution is -2.39. The second-order valence-electron chi connectivity index (χ2n) is 6.96. The van der Waals surface area contributed by atoms with Crippen LogP contribution in [0.15, 0.2) is 55.0 Å². The van der Waals surface area contributed by atoms with Gasteiger partial charge in [0.1, 0.15) is 5.69 Å². The van der Waals surface area contributed by atoms with Gasteiger partial charge in [-0.05, 0) is 36.8 Å². The quantitative estimate of drug-likeness (QED) is 0.726. The first kappa shape index (κ1) is 17.5. The average molecular weight is 364 g/mol. The summed E-state index contributed by atoms with van der Waals surface area (Å²) in [7, 11) is 1.88. The van der Waals surface area contributed by atoms with Gasteiger partial charge in [-0.15, -0.1) is 0 Å². The van der Waals surface area contributed by atoms with Crippen molar-refractivity contribution in [2.45, 2.75) is 25.6 Å². The molecule has 1 aliphatic rings. The first-order valence-electron chi connectivity index (χ1n) is 9.25. The number of aromatic nitrogens is 4. The van der Waals surface area contributed by atoms with E-state index in [1.807, 2.05) is 54.5 Å². The molecular weight excluding hydrogens is 340 g/mol. The Morgan fingerprint density at radius 2 is 2.15 bits per heavy atom. The molecule has 3 aromatic heterocycles. The molecule has 1 atom stereocenters. The van der Waals surface area contributed by atoms with Crippen molar-refractivity contribution in [3.8, 4) is 0 Å². The van der Waals surface area contributed by atoms with Gasteiger partial charge in [0.25, 0.3) is 5.91 Å². The van der Waals surface area contributed by atoms with Crippen LogP contribution in [0.25, 0.3) is 0 Å². The van der Waals surface area contributed by atoms with Crippen molar-refractivity contribution < 1.29 is 4.79 Å². The fourth-order valence-corrected chi connectivity index (χ4v) is 3.66. The fourth-order valence-electron chi connectivity index (χ4n) is 3.66. The minimum Gasteiger partial charge on any atom is -0.351 e. The van der Waals surface area contributed by atoms with E-state index in [0.29, 0.717) is 12.2 Å². The van der Waals surface area contributed by atoms with Gasteiger partial charge in [-0.25, -0.2) is 0 Å². The van der Waals surface area contributed by atoms with Crippen molar-refractivity contribution in [1.82, 2.24) is 29.5 Å². The van der Waals surface area contributed by atoms with Crippen molar-refractivity contribution in [3.05, 3.63) is 72.1 Å². The number of carbonyl (C=O) groups is 1. The number of carbonyl (C=O) groups excluding carboxylic acids is 1. The van der Waals surface area contributed by atoms with E-state index in [1.165, 1.54) is 5.69 Å². The SMILES string of the molecule is Cn1cccc1C(=O)NCCC1CN(Cc2ccccn2)Cc2ccnn21. The molecule has 3 aromatic rings. The Morgan fingerprint density at radius 3 is 2.93 bits per heavy atom. The van der Waals surface area contributed by atoms with E-state index >= 15 is 0 Å².